The third-order valence-corrected chi connectivity index (χ3v) is 5.25. The van der Waals surface area contributed by atoms with Crippen LogP contribution in [0.25, 0.3) is 0 Å². The summed E-state index contributed by atoms with van der Waals surface area (Å²) in [5, 5.41) is 0.392. The molecule has 0 aromatic heterocycles. The average Bonchev–Trinajstić information content (AvgIpc) is 2.58. The molecule has 0 aromatic carbocycles. The molecule has 0 aliphatic heterocycles. The summed E-state index contributed by atoms with van der Waals surface area (Å²) in [5.74, 6) is 3.86. The smallest absolute Gasteiger partial charge is 0.436 e. The molecule has 0 saturated carbocycles. The van der Waals surface area contributed by atoms with Crippen molar-refractivity contribution >= 4 is 45.6 Å². The van der Waals surface area contributed by atoms with Crippen LogP contribution in [0.1, 0.15) is 41.5 Å². The van der Waals surface area contributed by atoms with Crippen LogP contribution in [0.5, 0.6) is 0 Å². The number of amides is 4. The third kappa shape index (κ3) is 12.1. The van der Waals surface area contributed by atoms with Gasteiger partial charge >= 0.3 is 12.2 Å². The van der Waals surface area contributed by atoms with Gasteiger partial charge in [0.2, 0.25) is 0 Å². The van der Waals surface area contributed by atoms with E-state index in [0.717, 1.165) is 10.8 Å². The highest BCUT2D eigenvalue weighted by atomic mass is 33.1. The molecule has 174 valence electrons. The maximum absolute atomic E-state index is 12.7. The second kappa shape index (κ2) is 12.2. The Labute approximate surface area is 184 Å². The van der Waals surface area contributed by atoms with E-state index >= 15 is 0 Å². The molecular weight excluding hydrogens is 436 g/mol. The lowest BCUT2D eigenvalue weighted by molar-refractivity contribution is -0.134. The Morgan fingerprint density at radius 1 is 0.900 bits per heavy atom. The van der Waals surface area contributed by atoms with Crippen LogP contribution in [-0.4, -0.2) is 63.8 Å². The van der Waals surface area contributed by atoms with Gasteiger partial charge in [-0.1, -0.05) is 21.6 Å². The van der Waals surface area contributed by atoms with E-state index in [4.69, 9.17) is 26.8 Å². The predicted octanol–water partition coefficient (Wildman–Crippen LogP) is 0.216. The van der Waals surface area contributed by atoms with Crippen LogP contribution in [0, 0.1) is 0 Å². The van der Waals surface area contributed by atoms with Crippen molar-refractivity contribution in [3.8, 4) is 0 Å². The van der Waals surface area contributed by atoms with E-state index in [-0.39, 0.29) is 11.5 Å². The molecule has 8 N–H and O–H groups in total. The maximum atomic E-state index is 12.7. The Morgan fingerprint density at radius 2 is 1.37 bits per heavy atom. The molecule has 1 unspecified atom stereocenters. The summed E-state index contributed by atoms with van der Waals surface area (Å²) >= 11 is 0. The fraction of sp³-hybridized carbons (Fsp3) is 0.750. The molecule has 2 atom stereocenters. The van der Waals surface area contributed by atoms with Crippen molar-refractivity contribution in [2.75, 3.05) is 11.5 Å². The number of nitrogens with one attached hydrogen (secondary N) is 2. The zero-order chi connectivity index (χ0) is 23.7. The van der Waals surface area contributed by atoms with E-state index in [1.807, 2.05) is 5.43 Å². The summed E-state index contributed by atoms with van der Waals surface area (Å²) < 4.78 is 10.2. The molecule has 0 heterocycles. The minimum absolute atomic E-state index is 0.0652. The Kier molecular flexibility index (Phi) is 11.5. The van der Waals surface area contributed by atoms with Gasteiger partial charge in [0, 0.05) is 11.5 Å². The first-order chi connectivity index (χ1) is 13.6. The normalized spacial score (nSPS) is 13.6. The summed E-state index contributed by atoms with van der Waals surface area (Å²) in [7, 11) is 2.36. The van der Waals surface area contributed by atoms with E-state index in [1.54, 1.807) is 41.5 Å². The zero-order valence-electron chi connectivity index (χ0n) is 18.0. The summed E-state index contributed by atoms with van der Waals surface area (Å²) in [6.45, 7) is 9.70. The van der Waals surface area contributed by atoms with Gasteiger partial charge in [0.05, 0.1) is 12.1 Å². The van der Waals surface area contributed by atoms with E-state index in [1.165, 1.54) is 10.8 Å². The van der Waals surface area contributed by atoms with Gasteiger partial charge in [0.1, 0.15) is 11.2 Å². The number of rotatable bonds is 7. The lowest BCUT2D eigenvalue weighted by atomic mass is 10.2. The molecule has 0 bridgehead atoms. The van der Waals surface area contributed by atoms with Gasteiger partial charge < -0.3 is 20.9 Å². The van der Waals surface area contributed by atoms with Crippen LogP contribution >= 0.6 is 21.6 Å². The highest BCUT2D eigenvalue weighted by Crippen LogP contribution is 2.22. The van der Waals surface area contributed by atoms with Crippen molar-refractivity contribution in [1.82, 2.24) is 15.9 Å². The number of hydrazine groups is 2. The molecule has 0 saturated heterocycles. The van der Waals surface area contributed by atoms with Gasteiger partial charge in [-0.15, -0.1) is 5.01 Å². The summed E-state index contributed by atoms with van der Waals surface area (Å²) in [6.07, 6.45) is -2.12. The molecule has 0 aromatic rings. The minimum atomic E-state index is -1.16. The second-order valence-electron chi connectivity index (χ2n) is 8.06. The van der Waals surface area contributed by atoms with Gasteiger partial charge in [-0.3, -0.25) is 15.0 Å². The molecule has 30 heavy (non-hydrogen) atoms. The number of nitrogens with two attached hydrogens (primary N) is 3. The Balaban J connectivity index is 5.02. The lowest BCUT2D eigenvalue weighted by Gasteiger charge is -2.28. The number of nitrogens with zero attached hydrogens (tertiary/aromatic N) is 1. The number of carbonyl (C=O) groups excluding carboxylic acids is 4. The third-order valence-electron chi connectivity index (χ3n) is 2.77. The summed E-state index contributed by atoms with van der Waals surface area (Å²) in [5.41, 5.74) is 13.7. The van der Waals surface area contributed by atoms with Crippen LogP contribution in [0.2, 0.25) is 0 Å². The van der Waals surface area contributed by atoms with Crippen molar-refractivity contribution in [3.63, 3.8) is 0 Å². The molecule has 0 aliphatic carbocycles. The molecular formula is C16H32N6O6S2. The van der Waals surface area contributed by atoms with Crippen LogP contribution in [0.4, 0.5) is 9.59 Å². The second-order valence-corrected chi connectivity index (χ2v) is 10.6. The minimum Gasteiger partial charge on any atom is -0.443 e. The highest BCUT2D eigenvalue weighted by molar-refractivity contribution is 8.76. The largest absolute Gasteiger partial charge is 0.443 e. The van der Waals surface area contributed by atoms with E-state index in [0.29, 0.717) is 5.01 Å². The Morgan fingerprint density at radius 3 is 1.80 bits per heavy atom. The fourth-order valence-corrected chi connectivity index (χ4v) is 3.79. The Hall–Kier alpha value is -1.74. The van der Waals surface area contributed by atoms with Crippen molar-refractivity contribution in [3.05, 3.63) is 0 Å². The van der Waals surface area contributed by atoms with E-state index in [9.17, 15) is 19.2 Å². The van der Waals surface area contributed by atoms with Crippen LogP contribution in [0.3, 0.4) is 0 Å². The number of carbonyl (C=O) groups is 4. The number of ether oxygens (including phenoxy) is 2. The van der Waals surface area contributed by atoms with Crippen molar-refractivity contribution in [2.45, 2.75) is 64.8 Å². The molecule has 12 nitrogen and oxygen atoms in total. The first kappa shape index (κ1) is 28.3. The van der Waals surface area contributed by atoms with Crippen LogP contribution < -0.4 is 28.2 Å². The molecule has 14 heteroatoms. The molecule has 0 rings (SSSR count). The quantitative estimate of drug-likeness (QED) is 0.113. The van der Waals surface area contributed by atoms with Gasteiger partial charge in [-0.2, -0.15) is 0 Å². The van der Waals surface area contributed by atoms with E-state index < -0.39 is 47.3 Å². The summed E-state index contributed by atoms with van der Waals surface area (Å²) in [6, 6.07) is -1.99. The van der Waals surface area contributed by atoms with Crippen molar-refractivity contribution in [2.24, 2.45) is 17.3 Å². The lowest BCUT2D eigenvalue weighted by Crippen LogP contribution is -2.57. The molecule has 0 aliphatic rings. The topological polar surface area (TPSA) is 192 Å². The molecule has 0 spiro atoms. The summed E-state index contributed by atoms with van der Waals surface area (Å²) in [4.78, 5) is 48.4. The number of hydrogen-bond donors (Lipinski definition) is 5. The predicted molar refractivity (Wildman–Crippen MR) is 116 cm³/mol. The molecule has 0 radical (unpaired) electrons. The monoisotopic (exact) mass is 468 g/mol. The number of hydrogen-bond acceptors (Lipinski definition) is 11. The van der Waals surface area contributed by atoms with Gasteiger partial charge in [0.15, 0.2) is 0 Å². The first-order valence-corrected chi connectivity index (χ1v) is 11.4. The molecule has 0 fully saturated rings. The fourth-order valence-electron chi connectivity index (χ4n) is 1.55. The Bertz CT molecular complexity index is 622. The SMILES string of the molecule is CC(C)(C)OC(=O)NN(C(=O)OC(C)(C)C)C(=O)[C@@H](N)CSSCC(N)C(=O)NN. The highest BCUT2D eigenvalue weighted by Gasteiger charge is 2.33. The van der Waals surface area contributed by atoms with E-state index in [2.05, 4.69) is 5.43 Å². The van der Waals surface area contributed by atoms with Gasteiger partial charge in [-0.05, 0) is 41.5 Å². The van der Waals surface area contributed by atoms with Crippen LogP contribution in [-0.2, 0) is 19.1 Å². The van der Waals surface area contributed by atoms with Crippen molar-refractivity contribution < 1.29 is 28.7 Å². The number of imide groups is 1. The molecule has 4 amide bonds. The van der Waals surface area contributed by atoms with Crippen molar-refractivity contribution in [1.29, 1.82) is 0 Å². The maximum Gasteiger partial charge on any atom is 0.436 e. The first-order valence-electron chi connectivity index (χ1n) is 8.90. The standard InChI is InChI=1S/C16H32N6O6S2/c1-15(2,3)27-13(25)21-22(14(26)28-16(4,5)6)12(24)10(18)8-30-29-7-9(17)11(23)20-19/h9-10H,7-8,17-19H2,1-6H3,(H,20,23)(H,21,25)/t9?,10-/m0/s1. The van der Waals surface area contributed by atoms with Gasteiger partial charge in [-0.25, -0.2) is 20.9 Å². The average molecular weight is 469 g/mol. The zero-order valence-corrected chi connectivity index (χ0v) is 19.6. The van der Waals surface area contributed by atoms with Crippen LogP contribution in [0.15, 0.2) is 0 Å². The van der Waals surface area contributed by atoms with Gasteiger partial charge in [0.25, 0.3) is 11.8 Å².